The van der Waals surface area contributed by atoms with E-state index < -0.39 is 57.5 Å². The van der Waals surface area contributed by atoms with Gasteiger partial charge in [0.1, 0.15) is 24.4 Å². The third-order valence-electron chi connectivity index (χ3n) is 5.13. The first-order valence-electron chi connectivity index (χ1n) is 10.8. The lowest BCUT2D eigenvalue weighted by Crippen LogP contribution is -2.62. The molecule has 2 aromatic rings. The van der Waals surface area contributed by atoms with Gasteiger partial charge in [-0.3, -0.25) is 8.37 Å². The van der Waals surface area contributed by atoms with Gasteiger partial charge in [-0.2, -0.15) is 16.8 Å². The average Bonchev–Trinajstić information content (AvgIpc) is 2.81. The summed E-state index contributed by atoms with van der Waals surface area (Å²) < 4.78 is 81.3. The minimum atomic E-state index is -4.00. The van der Waals surface area contributed by atoms with E-state index in [1.807, 2.05) is 60.7 Å². The quantitative estimate of drug-likeness (QED) is 0.376. The monoisotopic (exact) mass is 530 g/mol. The molecule has 1 heterocycles. The standard InChI is InChI=1S/C23H30O10S2/c1-28-23-22(30-15-18-12-8-5-9-13-18)21(29-14-17-10-6-4-7-11-17)20(33-35(3,26)27)19(32-23)16-31-34(2,24)25/h4-13,19-23H,14-16H2,1-3H3/t19-,20-,21+,22-,23+/m1/s1. The summed E-state index contributed by atoms with van der Waals surface area (Å²) in [6.45, 7) is -0.234. The van der Waals surface area contributed by atoms with E-state index in [-0.39, 0.29) is 13.2 Å². The summed E-state index contributed by atoms with van der Waals surface area (Å²) >= 11 is 0. The van der Waals surface area contributed by atoms with Crippen LogP contribution in [0.1, 0.15) is 11.1 Å². The van der Waals surface area contributed by atoms with Crippen molar-refractivity contribution >= 4 is 20.2 Å². The Balaban J connectivity index is 1.92. The SMILES string of the molecule is CO[C@H]1O[C@H](COS(C)(=O)=O)[C@@H](OS(C)(=O)=O)[C@H](OCc2ccccc2)[C@H]1OCc1ccccc1. The predicted octanol–water partition coefficient (Wildman–Crippen LogP) is 1.85. The summed E-state index contributed by atoms with van der Waals surface area (Å²) in [7, 11) is -6.45. The van der Waals surface area contributed by atoms with Gasteiger partial charge in [0.05, 0.1) is 32.3 Å². The highest BCUT2D eigenvalue weighted by molar-refractivity contribution is 7.86. The van der Waals surface area contributed by atoms with E-state index in [0.29, 0.717) is 0 Å². The number of hydrogen-bond acceptors (Lipinski definition) is 10. The first-order valence-corrected chi connectivity index (χ1v) is 14.4. The summed E-state index contributed by atoms with van der Waals surface area (Å²) in [6, 6.07) is 18.6. The highest BCUT2D eigenvalue weighted by atomic mass is 32.2. The molecule has 194 valence electrons. The van der Waals surface area contributed by atoms with Crippen LogP contribution in [0.3, 0.4) is 0 Å². The van der Waals surface area contributed by atoms with Gasteiger partial charge in [0.25, 0.3) is 20.2 Å². The Bertz CT molecular complexity index is 1120. The number of methoxy groups -OCH3 is 1. The third-order valence-corrected chi connectivity index (χ3v) is 6.26. The number of hydrogen-bond donors (Lipinski definition) is 0. The van der Waals surface area contributed by atoms with Crippen molar-refractivity contribution < 1.29 is 44.1 Å². The molecule has 35 heavy (non-hydrogen) atoms. The normalized spacial score (nSPS) is 25.4. The molecule has 0 amide bonds. The van der Waals surface area contributed by atoms with Crippen LogP contribution in [-0.2, 0) is 60.8 Å². The molecule has 10 nitrogen and oxygen atoms in total. The zero-order valence-corrected chi connectivity index (χ0v) is 21.3. The maximum Gasteiger partial charge on any atom is 0.264 e. The largest absolute Gasteiger partial charge is 0.368 e. The van der Waals surface area contributed by atoms with Gasteiger partial charge in [0.2, 0.25) is 0 Å². The molecule has 5 atom stereocenters. The van der Waals surface area contributed by atoms with Crippen molar-refractivity contribution in [1.29, 1.82) is 0 Å². The van der Waals surface area contributed by atoms with Gasteiger partial charge >= 0.3 is 0 Å². The Morgan fingerprint density at radius 3 is 1.71 bits per heavy atom. The van der Waals surface area contributed by atoms with Crippen LogP contribution >= 0.6 is 0 Å². The van der Waals surface area contributed by atoms with Gasteiger partial charge in [-0.1, -0.05) is 60.7 Å². The molecular weight excluding hydrogens is 500 g/mol. The maximum absolute atomic E-state index is 12.1. The highest BCUT2D eigenvalue weighted by Gasteiger charge is 2.50. The van der Waals surface area contributed by atoms with Gasteiger partial charge in [0.15, 0.2) is 6.29 Å². The highest BCUT2D eigenvalue weighted by Crippen LogP contribution is 2.31. The van der Waals surface area contributed by atoms with E-state index in [1.54, 1.807) is 0 Å². The molecule has 0 saturated carbocycles. The van der Waals surface area contributed by atoms with Gasteiger partial charge in [0, 0.05) is 7.11 Å². The van der Waals surface area contributed by atoms with Crippen LogP contribution in [0.25, 0.3) is 0 Å². The Kier molecular flexibility index (Phi) is 9.78. The lowest BCUT2D eigenvalue weighted by atomic mass is 9.98. The summed E-state index contributed by atoms with van der Waals surface area (Å²) in [5.74, 6) is 0. The van der Waals surface area contributed by atoms with Crippen molar-refractivity contribution in [3.63, 3.8) is 0 Å². The van der Waals surface area contributed by atoms with E-state index >= 15 is 0 Å². The van der Waals surface area contributed by atoms with Crippen molar-refractivity contribution in [3.8, 4) is 0 Å². The fourth-order valence-electron chi connectivity index (χ4n) is 3.61. The smallest absolute Gasteiger partial charge is 0.264 e. The Hall–Kier alpha value is -1.90. The van der Waals surface area contributed by atoms with Crippen LogP contribution in [0.15, 0.2) is 60.7 Å². The van der Waals surface area contributed by atoms with Crippen LogP contribution in [0.4, 0.5) is 0 Å². The molecule has 0 N–H and O–H groups in total. The van der Waals surface area contributed by atoms with Crippen LogP contribution in [0.2, 0.25) is 0 Å². The Morgan fingerprint density at radius 1 is 0.743 bits per heavy atom. The molecule has 1 saturated heterocycles. The molecule has 0 spiro atoms. The summed E-state index contributed by atoms with van der Waals surface area (Å²) in [5, 5.41) is 0. The molecule has 0 bridgehead atoms. The Labute approximate surface area is 206 Å². The van der Waals surface area contributed by atoms with Crippen molar-refractivity contribution in [3.05, 3.63) is 71.8 Å². The van der Waals surface area contributed by atoms with Gasteiger partial charge in [-0.15, -0.1) is 0 Å². The van der Waals surface area contributed by atoms with Crippen LogP contribution in [-0.4, -0.2) is 73.8 Å². The van der Waals surface area contributed by atoms with Gasteiger partial charge in [-0.25, -0.2) is 0 Å². The summed E-state index contributed by atoms with van der Waals surface area (Å²) in [4.78, 5) is 0. The zero-order chi connectivity index (χ0) is 25.5. The zero-order valence-electron chi connectivity index (χ0n) is 19.7. The van der Waals surface area contributed by atoms with E-state index in [1.165, 1.54) is 7.11 Å². The van der Waals surface area contributed by atoms with Crippen LogP contribution in [0, 0.1) is 0 Å². The fraction of sp³-hybridized carbons (Fsp3) is 0.478. The minimum Gasteiger partial charge on any atom is -0.368 e. The van der Waals surface area contributed by atoms with E-state index in [4.69, 9.17) is 27.3 Å². The minimum absolute atomic E-state index is 0.108. The first-order chi connectivity index (χ1) is 16.6. The second kappa shape index (κ2) is 12.4. The average molecular weight is 531 g/mol. The lowest BCUT2D eigenvalue weighted by molar-refractivity contribution is -0.308. The molecule has 3 rings (SSSR count). The van der Waals surface area contributed by atoms with E-state index in [2.05, 4.69) is 0 Å². The molecule has 1 aliphatic heterocycles. The van der Waals surface area contributed by atoms with Crippen molar-refractivity contribution in [2.45, 2.75) is 43.9 Å². The van der Waals surface area contributed by atoms with Crippen LogP contribution < -0.4 is 0 Å². The molecule has 0 aromatic heterocycles. The van der Waals surface area contributed by atoms with Crippen molar-refractivity contribution in [2.24, 2.45) is 0 Å². The molecule has 2 aromatic carbocycles. The number of benzene rings is 2. The topological polar surface area (TPSA) is 124 Å². The third kappa shape index (κ3) is 8.92. The Morgan fingerprint density at radius 2 is 1.26 bits per heavy atom. The second-order valence-corrected chi connectivity index (χ2v) is 11.3. The molecule has 0 radical (unpaired) electrons. The van der Waals surface area contributed by atoms with Gasteiger partial charge < -0.3 is 18.9 Å². The van der Waals surface area contributed by atoms with Crippen molar-refractivity contribution in [1.82, 2.24) is 0 Å². The lowest BCUT2D eigenvalue weighted by Gasteiger charge is -2.44. The molecule has 0 unspecified atom stereocenters. The molecule has 1 fully saturated rings. The fourth-order valence-corrected chi connectivity index (χ4v) is 4.63. The van der Waals surface area contributed by atoms with Crippen molar-refractivity contribution in [2.75, 3.05) is 26.2 Å². The molecule has 1 aliphatic rings. The number of rotatable bonds is 12. The molecule has 0 aliphatic carbocycles. The van der Waals surface area contributed by atoms with Gasteiger partial charge in [-0.05, 0) is 11.1 Å². The predicted molar refractivity (Wildman–Crippen MR) is 126 cm³/mol. The number of ether oxygens (including phenoxy) is 4. The second-order valence-electron chi connectivity index (χ2n) is 8.05. The first kappa shape index (κ1) is 27.7. The maximum atomic E-state index is 12.1. The van der Waals surface area contributed by atoms with E-state index in [9.17, 15) is 16.8 Å². The summed E-state index contributed by atoms with van der Waals surface area (Å²) in [6.07, 6.45) is -3.61. The van der Waals surface area contributed by atoms with Crippen LogP contribution in [0.5, 0.6) is 0 Å². The molecule has 12 heteroatoms. The van der Waals surface area contributed by atoms with E-state index in [0.717, 1.165) is 23.6 Å². The molecular formula is C23H30O10S2. The summed E-state index contributed by atoms with van der Waals surface area (Å²) in [5.41, 5.74) is 1.70.